The lowest BCUT2D eigenvalue weighted by molar-refractivity contribution is -0.116. The molecule has 0 bridgehead atoms. The summed E-state index contributed by atoms with van der Waals surface area (Å²) < 4.78 is 16.5. The van der Waals surface area contributed by atoms with Gasteiger partial charge in [0.25, 0.3) is 5.91 Å². The molecule has 0 saturated heterocycles. The highest BCUT2D eigenvalue weighted by Crippen LogP contribution is 2.29. The summed E-state index contributed by atoms with van der Waals surface area (Å²) in [5, 5.41) is 3.18. The van der Waals surface area contributed by atoms with Gasteiger partial charge in [0.1, 0.15) is 5.75 Å². The minimum absolute atomic E-state index is 0.146. The van der Waals surface area contributed by atoms with Crippen molar-refractivity contribution < 1.29 is 23.8 Å². The smallest absolute Gasteiger partial charge is 0.254 e. The Kier molecular flexibility index (Phi) is 8.80. The summed E-state index contributed by atoms with van der Waals surface area (Å²) in [6.07, 6.45) is 0.863. The quantitative estimate of drug-likeness (QED) is 0.605. The van der Waals surface area contributed by atoms with E-state index < -0.39 is 0 Å². The zero-order chi connectivity index (χ0) is 22.1. The molecular formula is C22H27ClN2O5. The van der Waals surface area contributed by atoms with Gasteiger partial charge in [-0.15, -0.1) is 0 Å². The first-order chi connectivity index (χ1) is 14.4. The fraction of sp³-hybridized carbons (Fsp3) is 0.364. The standard InChI is InChI=1S/C22H27ClN2O5/c1-5-11-30-19-9-7-15(12-20(19)29-6-2)22(27)25(3)14-21(26)24-17-13-16(23)8-10-18(17)28-4/h7-10,12-13H,5-6,11,14H2,1-4H3,(H,24,26). The number of carbonyl (C=O) groups excluding carboxylic acids is 2. The lowest BCUT2D eigenvalue weighted by Crippen LogP contribution is -2.35. The van der Waals surface area contributed by atoms with Crippen molar-refractivity contribution in [2.45, 2.75) is 20.3 Å². The Bertz CT molecular complexity index is 888. The van der Waals surface area contributed by atoms with Gasteiger partial charge in [-0.3, -0.25) is 9.59 Å². The number of likely N-dealkylation sites (N-methyl/N-ethyl adjacent to an activating group) is 1. The van der Waals surface area contributed by atoms with Crippen LogP contribution in [-0.4, -0.2) is 50.6 Å². The lowest BCUT2D eigenvalue weighted by Gasteiger charge is -2.19. The van der Waals surface area contributed by atoms with Crippen LogP contribution < -0.4 is 19.5 Å². The van der Waals surface area contributed by atoms with Gasteiger partial charge in [-0.25, -0.2) is 0 Å². The van der Waals surface area contributed by atoms with E-state index >= 15 is 0 Å². The zero-order valence-corrected chi connectivity index (χ0v) is 18.4. The van der Waals surface area contributed by atoms with E-state index in [2.05, 4.69) is 5.32 Å². The second-order valence-electron chi connectivity index (χ2n) is 6.50. The van der Waals surface area contributed by atoms with Crippen LogP contribution in [0.5, 0.6) is 17.2 Å². The molecule has 0 fully saturated rings. The summed E-state index contributed by atoms with van der Waals surface area (Å²) >= 11 is 5.98. The molecule has 0 spiro atoms. The van der Waals surface area contributed by atoms with Crippen LogP contribution in [0.3, 0.4) is 0 Å². The third-order valence-corrected chi connectivity index (χ3v) is 4.35. The van der Waals surface area contributed by atoms with Gasteiger partial charge in [-0.1, -0.05) is 18.5 Å². The van der Waals surface area contributed by atoms with Crippen molar-refractivity contribution in [2.24, 2.45) is 0 Å². The SMILES string of the molecule is CCCOc1ccc(C(=O)N(C)CC(=O)Nc2cc(Cl)ccc2OC)cc1OCC. The number of amides is 2. The minimum Gasteiger partial charge on any atom is -0.495 e. The van der Waals surface area contributed by atoms with Gasteiger partial charge in [0.15, 0.2) is 11.5 Å². The van der Waals surface area contributed by atoms with Gasteiger partial charge >= 0.3 is 0 Å². The molecule has 2 aromatic carbocycles. The second-order valence-corrected chi connectivity index (χ2v) is 6.93. The zero-order valence-electron chi connectivity index (χ0n) is 17.7. The number of hydrogen-bond acceptors (Lipinski definition) is 5. The van der Waals surface area contributed by atoms with Gasteiger partial charge in [0.2, 0.25) is 5.91 Å². The molecule has 1 N–H and O–H groups in total. The topological polar surface area (TPSA) is 77.1 Å². The van der Waals surface area contributed by atoms with Crippen LogP contribution in [0.15, 0.2) is 36.4 Å². The Morgan fingerprint density at radius 1 is 1.03 bits per heavy atom. The molecule has 0 unspecified atom stereocenters. The van der Waals surface area contributed by atoms with Crippen LogP contribution >= 0.6 is 11.6 Å². The molecule has 2 aromatic rings. The number of benzene rings is 2. The number of hydrogen-bond donors (Lipinski definition) is 1. The predicted octanol–water partition coefficient (Wildman–Crippen LogP) is 4.25. The summed E-state index contributed by atoms with van der Waals surface area (Å²) in [7, 11) is 3.05. The Balaban J connectivity index is 2.08. The largest absolute Gasteiger partial charge is 0.495 e. The van der Waals surface area contributed by atoms with E-state index in [1.807, 2.05) is 13.8 Å². The van der Waals surface area contributed by atoms with Gasteiger partial charge < -0.3 is 24.4 Å². The van der Waals surface area contributed by atoms with Crippen LogP contribution in [-0.2, 0) is 4.79 Å². The number of nitrogens with one attached hydrogen (secondary N) is 1. The first-order valence-corrected chi connectivity index (χ1v) is 10.1. The average molecular weight is 435 g/mol. The van der Waals surface area contributed by atoms with E-state index in [4.69, 9.17) is 25.8 Å². The van der Waals surface area contributed by atoms with Gasteiger partial charge in [-0.2, -0.15) is 0 Å². The Morgan fingerprint density at radius 2 is 1.77 bits per heavy atom. The molecule has 0 aliphatic heterocycles. The molecular weight excluding hydrogens is 408 g/mol. The van der Waals surface area contributed by atoms with Crippen LogP contribution in [0.25, 0.3) is 0 Å². The maximum absolute atomic E-state index is 12.8. The number of anilines is 1. The van der Waals surface area contributed by atoms with E-state index in [0.29, 0.717) is 46.7 Å². The minimum atomic E-state index is -0.376. The molecule has 0 aromatic heterocycles. The fourth-order valence-corrected chi connectivity index (χ4v) is 2.89. The van der Waals surface area contributed by atoms with Gasteiger partial charge in [0.05, 0.1) is 32.6 Å². The molecule has 0 radical (unpaired) electrons. The van der Waals surface area contributed by atoms with Crippen LogP contribution in [0, 0.1) is 0 Å². The molecule has 2 amide bonds. The van der Waals surface area contributed by atoms with E-state index in [1.165, 1.54) is 12.0 Å². The number of rotatable bonds is 10. The van der Waals surface area contributed by atoms with E-state index in [1.54, 1.807) is 43.4 Å². The first kappa shape index (κ1) is 23.3. The highest BCUT2D eigenvalue weighted by Gasteiger charge is 2.18. The average Bonchev–Trinajstić information content (AvgIpc) is 2.72. The molecule has 30 heavy (non-hydrogen) atoms. The molecule has 0 atom stereocenters. The van der Waals surface area contributed by atoms with Crippen molar-refractivity contribution in [1.29, 1.82) is 0 Å². The third kappa shape index (κ3) is 6.29. The Labute approximate surface area is 181 Å². The van der Waals surface area contributed by atoms with Gasteiger partial charge in [-0.05, 0) is 49.7 Å². The van der Waals surface area contributed by atoms with E-state index in [-0.39, 0.29) is 18.4 Å². The number of nitrogens with zero attached hydrogens (tertiary/aromatic N) is 1. The molecule has 8 heteroatoms. The van der Waals surface area contributed by atoms with Crippen molar-refractivity contribution in [1.82, 2.24) is 4.90 Å². The number of halogens is 1. The summed E-state index contributed by atoms with van der Waals surface area (Å²) in [5.74, 6) is 0.873. The van der Waals surface area contributed by atoms with Crippen molar-refractivity contribution in [3.8, 4) is 17.2 Å². The summed E-state index contributed by atoms with van der Waals surface area (Å²) in [5.41, 5.74) is 0.838. The second kappa shape index (κ2) is 11.3. The fourth-order valence-electron chi connectivity index (χ4n) is 2.72. The summed E-state index contributed by atoms with van der Waals surface area (Å²) in [6, 6.07) is 9.90. The van der Waals surface area contributed by atoms with Crippen molar-refractivity contribution in [3.05, 3.63) is 47.0 Å². The normalized spacial score (nSPS) is 10.3. The Hall–Kier alpha value is -2.93. The molecule has 0 aliphatic rings. The monoisotopic (exact) mass is 434 g/mol. The molecule has 0 aliphatic carbocycles. The highest BCUT2D eigenvalue weighted by molar-refractivity contribution is 6.31. The van der Waals surface area contributed by atoms with Crippen molar-refractivity contribution in [2.75, 3.05) is 39.2 Å². The third-order valence-electron chi connectivity index (χ3n) is 4.12. The predicted molar refractivity (Wildman–Crippen MR) is 117 cm³/mol. The first-order valence-electron chi connectivity index (χ1n) is 9.68. The van der Waals surface area contributed by atoms with E-state index in [9.17, 15) is 9.59 Å². The summed E-state index contributed by atoms with van der Waals surface area (Å²) in [6.45, 7) is 4.72. The van der Waals surface area contributed by atoms with Gasteiger partial charge in [0, 0.05) is 17.6 Å². The van der Waals surface area contributed by atoms with Crippen molar-refractivity contribution >= 4 is 29.1 Å². The van der Waals surface area contributed by atoms with E-state index in [0.717, 1.165) is 6.42 Å². The van der Waals surface area contributed by atoms with Crippen LogP contribution in [0.4, 0.5) is 5.69 Å². The molecule has 162 valence electrons. The molecule has 0 heterocycles. The van der Waals surface area contributed by atoms with Crippen molar-refractivity contribution in [3.63, 3.8) is 0 Å². The lowest BCUT2D eigenvalue weighted by atomic mass is 10.1. The van der Waals surface area contributed by atoms with Crippen LogP contribution in [0.2, 0.25) is 5.02 Å². The summed E-state index contributed by atoms with van der Waals surface area (Å²) in [4.78, 5) is 26.6. The van der Waals surface area contributed by atoms with Crippen LogP contribution in [0.1, 0.15) is 30.6 Å². The number of carbonyl (C=O) groups is 2. The molecule has 0 saturated carbocycles. The maximum Gasteiger partial charge on any atom is 0.254 e. The number of ether oxygens (including phenoxy) is 3. The maximum atomic E-state index is 12.8. The Morgan fingerprint density at radius 3 is 2.43 bits per heavy atom. The highest BCUT2D eigenvalue weighted by atomic mass is 35.5. The molecule has 2 rings (SSSR count). The number of methoxy groups -OCH3 is 1. The molecule has 7 nitrogen and oxygen atoms in total.